The average Bonchev–Trinajstić information content (AvgIpc) is 3.73. The van der Waals surface area contributed by atoms with Gasteiger partial charge in [-0.2, -0.15) is 38.5 Å². The van der Waals surface area contributed by atoms with Crippen molar-refractivity contribution in [2.45, 2.75) is 138 Å². The Hall–Kier alpha value is 8.55. The fraction of sp³-hybridized carbons (Fsp3) is 0.743. The van der Waals surface area contributed by atoms with Crippen molar-refractivity contribution in [2.75, 3.05) is 26.7 Å². The van der Waals surface area contributed by atoms with Gasteiger partial charge in [-0.3, -0.25) is 17.6 Å². The molecule has 6 aliphatic rings. The Morgan fingerprint density at radius 2 is 0.597 bits per heavy atom. The van der Waals surface area contributed by atoms with E-state index in [0.29, 0.717) is 6.42 Å². The summed E-state index contributed by atoms with van der Waals surface area (Å²) >= 11 is 0. The number of halogens is 4. The van der Waals surface area contributed by atoms with E-state index in [9.17, 15) is 17.6 Å². The Bertz CT molecular complexity index is 953. The van der Waals surface area contributed by atoms with Crippen molar-refractivity contribution in [1.29, 1.82) is 0 Å². The molecule has 0 aromatic carbocycles. The molecule has 6 aliphatic heterocycles. The van der Waals surface area contributed by atoms with E-state index in [1.54, 1.807) is 6.92 Å². The van der Waals surface area contributed by atoms with Gasteiger partial charge in [0, 0.05) is 196 Å². The van der Waals surface area contributed by atoms with Crippen LogP contribution >= 0.6 is 0 Å². The van der Waals surface area contributed by atoms with Crippen molar-refractivity contribution in [1.82, 2.24) is 0 Å². The summed E-state index contributed by atoms with van der Waals surface area (Å²) in [6.07, 6.45) is 11.0. The molecule has 6 radical (unpaired) electrons. The minimum Gasteiger partial charge on any atom is -0.441 e. The minimum atomic E-state index is -2.64. The molecule has 6 rings (SSSR count). The molecule has 6 fully saturated rings. The zero-order valence-electron chi connectivity index (χ0n) is 40.9. The number of alkyl halides is 4. The van der Waals surface area contributed by atoms with E-state index in [-0.39, 0.29) is 203 Å². The third-order valence-corrected chi connectivity index (χ3v) is 86.6. The van der Waals surface area contributed by atoms with E-state index in [0.717, 1.165) is 74.8 Å². The Labute approximate surface area is 576 Å². The molecule has 67 heavy (non-hydrogen) atoms. The number of fused-ring (bicyclic) bond motifs is 2. The maximum atomic E-state index is 10.7. The third-order valence-electron chi connectivity index (χ3n) is 10.0. The van der Waals surface area contributed by atoms with Crippen LogP contribution in [-0.4, -0.2) is 132 Å². The van der Waals surface area contributed by atoms with E-state index in [1.165, 1.54) is 49.9 Å². The number of rotatable bonds is 13. The van der Waals surface area contributed by atoms with Crippen molar-refractivity contribution in [3.63, 3.8) is 0 Å². The van der Waals surface area contributed by atoms with Crippen molar-refractivity contribution >= 4 is 105 Å². The zero-order chi connectivity index (χ0) is 45.5. The second kappa shape index (κ2) is 55.1. The first kappa shape index (κ1) is 86.8. The van der Waals surface area contributed by atoms with Gasteiger partial charge in [0.2, 0.25) is 0 Å². The third kappa shape index (κ3) is 35.2. The molecule has 6 saturated heterocycles. The molecular weight excluding hydrogens is 1530 g/mol. The SMILES string of the molecule is CCCF.[CH2-]CC[SiH]1O[SiH]2CCCC[SiH]3O[SiH](CC[CH2-])O[Si](CC[CH2-])(O1)O[SiH]23.[CH2-]CC[SiH]1O[SiH]2CCCC[SiH]3O[SiH](CC[CH2-])O[Si](CC[CH2-])(O1)O[SiH]23.[CH2-]CF.[CH2-]CF.[CH2-]CF.[Y].[Y].[Y].[Y].[Y].[Y]. The van der Waals surface area contributed by atoms with E-state index in [4.69, 9.17) is 41.2 Å². The van der Waals surface area contributed by atoms with Crippen LogP contribution in [0.25, 0.3) is 0 Å². The summed E-state index contributed by atoms with van der Waals surface area (Å²) in [5, 5.41) is 0. The predicted octanol–water partition coefficient (Wildman–Crippen LogP) is 6.26. The van der Waals surface area contributed by atoms with Crippen molar-refractivity contribution in [2.24, 2.45) is 0 Å². The first-order valence-corrected chi connectivity index (χ1v) is 50.3. The predicted molar refractivity (Wildman–Crippen MR) is 270 cm³/mol. The molecule has 0 aromatic rings. The number of hydrogen-bond donors (Lipinski definition) is 0. The molecule has 0 amide bonds. The van der Waals surface area contributed by atoms with E-state index >= 15 is 0 Å². The summed E-state index contributed by atoms with van der Waals surface area (Å²) in [6, 6.07) is 10.7. The Balaban J connectivity index is -0.000000206. The molecule has 384 valence electrons. The second-order valence-electron chi connectivity index (χ2n) is 15.0. The minimum absolute atomic E-state index is 0. The van der Waals surface area contributed by atoms with Gasteiger partial charge in [0.25, 0.3) is 0 Å². The fourth-order valence-corrected chi connectivity index (χ4v) is 112. The molecule has 0 saturated carbocycles. The van der Waals surface area contributed by atoms with Crippen LogP contribution in [0.4, 0.5) is 17.6 Å². The Kier molecular flexibility index (Phi) is 71.4. The van der Waals surface area contributed by atoms with Crippen LogP contribution in [0.1, 0.15) is 77.6 Å². The fourth-order valence-electron chi connectivity index (χ4n) is 7.64. The van der Waals surface area contributed by atoms with Gasteiger partial charge < -0.3 is 103 Å². The molecule has 0 N–H and O–H groups in total. The molecule has 0 aliphatic carbocycles. The van der Waals surface area contributed by atoms with Gasteiger partial charge in [0.1, 0.15) is 0 Å². The first-order chi connectivity index (χ1) is 29.5. The molecule has 10 nitrogen and oxygen atoms in total. The summed E-state index contributed by atoms with van der Waals surface area (Å²) in [4.78, 5) is 0. The van der Waals surface area contributed by atoms with Gasteiger partial charge in [-0.15, -0.1) is 0 Å². The van der Waals surface area contributed by atoms with Gasteiger partial charge >= 0.3 is 54.7 Å². The first-order valence-electron chi connectivity index (χ1n) is 22.6. The molecule has 8 atom stereocenters. The summed E-state index contributed by atoms with van der Waals surface area (Å²) in [5.41, 5.74) is 0. The van der Waals surface area contributed by atoms with Gasteiger partial charge in [-0.1, -0.05) is 32.6 Å². The summed E-state index contributed by atoms with van der Waals surface area (Å²) in [5.74, 6) is 0. The molecule has 0 aromatic heterocycles. The van der Waals surface area contributed by atoms with Crippen LogP contribution in [0.2, 0.25) is 60.4 Å². The summed E-state index contributed by atoms with van der Waals surface area (Å²) < 4.78 is 108. The van der Waals surface area contributed by atoms with Gasteiger partial charge in [-0.25, -0.2) is 0 Å². The number of hydrogen-bond acceptors (Lipinski definition) is 10. The standard InChI is InChI=1S/2C13H31O5Si6.C3H7F.3C2H4F.6Y/c2*1-4-9-19-14-21-11-7-8-12-22-15-20(10-5-2)17-24(16-19,13-6-3)18-23(21)22;1-2-3-4;3*1-2-3;;;;;;/h2*19-23H,1-13H2;2-3H2,1H3;3*1-2H2;;;;;;/q2*-3;;3*-1;;;;;;. The monoisotopic (exact) mass is 1610 g/mol. The maximum Gasteiger partial charge on any atom is 0.469 e. The maximum absolute atomic E-state index is 10.7. The van der Waals surface area contributed by atoms with Crippen LogP contribution in [0.5, 0.6) is 0 Å². The van der Waals surface area contributed by atoms with Crippen LogP contribution in [-0.2, 0) is 237 Å². The van der Waals surface area contributed by atoms with Crippen molar-refractivity contribution < 1.29 is 255 Å². The van der Waals surface area contributed by atoms with Crippen LogP contribution in [0.15, 0.2) is 0 Å². The topological polar surface area (TPSA) is 92.3 Å². The summed E-state index contributed by atoms with van der Waals surface area (Å²) in [7, 11) is -20.1. The molecule has 32 heteroatoms. The smallest absolute Gasteiger partial charge is 0.441 e. The van der Waals surface area contributed by atoms with E-state index < -0.39 is 125 Å². The van der Waals surface area contributed by atoms with Crippen LogP contribution in [0.3, 0.4) is 0 Å². The normalized spacial score (nSPS) is 32.0. The quantitative estimate of drug-likeness (QED) is 0.120. The van der Waals surface area contributed by atoms with Gasteiger partial charge in [0.05, 0.1) is 6.67 Å². The molecule has 0 spiro atoms. The van der Waals surface area contributed by atoms with Gasteiger partial charge in [-0.05, 0) is 86.9 Å². The van der Waals surface area contributed by atoms with Crippen LogP contribution < -0.4 is 0 Å². The summed E-state index contributed by atoms with van der Waals surface area (Å²) in [6.45, 7) is 32.9. The van der Waals surface area contributed by atoms with Crippen LogP contribution in [0, 0.1) is 62.3 Å². The Morgan fingerprint density at radius 1 is 0.388 bits per heavy atom. The molecule has 4 bridgehead atoms. The average molecular weight is 1610 g/mol. The molecule has 8 unspecified atom stereocenters. The van der Waals surface area contributed by atoms with Crippen molar-refractivity contribution in [3.05, 3.63) is 62.3 Å². The largest absolute Gasteiger partial charge is 0.469 e. The molecular formula is C35H81F4O10Si12Y6-9. The van der Waals surface area contributed by atoms with E-state index in [2.05, 4.69) is 62.3 Å². The van der Waals surface area contributed by atoms with Gasteiger partial charge in [0.15, 0.2) is 50.4 Å². The van der Waals surface area contributed by atoms with E-state index in [1.807, 2.05) is 0 Å². The van der Waals surface area contributed by atoms with Crippen molar-refractivity contribution in [3.8, 4) is 0 Å². The second-order valence-corrected chi connectivity index (χ2v) is 64.4. The Morgan fingerprint density at radius 3 is 0.761 bits per heavy atom. The molecule has 6 heterocycles. The zero-order valence-corrected chi connectivity index (χ0v) is 71.5.